The van der Waals surface area contributed by atoms with Gasteiger partial charge in [-0.1, -0.05) is 24.3 Å². The molecule has 172 valence electrons. The van der Waals surface area contributed by atoms with Crippen molar-refractivity contribution in [3.8, 4) is 22.8 Å². The van der Waals surface area contributed by atoms with Crippen molar-refractivity contribution in [2.75, 3.05) is 0 Å². The van der Waals surface area contributed by atoms with Gasteiger partial charge in [-0.15, -0.1) is 0 Å². The number of ketones is 2. The first-order valence-electron chi connectivity index (χ1n) is 11.0. The van der Waals surface area contributed by atoms with Crippen LogP contribution in [0.3, 0.4) is 0 Å². The normalized spacial score (nSPS) is 17.6. The SMILES string of the molecule is CC(=O)c1ccc(-c2ccc([C@@H]3CC(=O)Oc4ccc5c(c43)O/C(=C\c3ccco3)C5=O)o2)cc1. The summed E-state index contributed by atoms with van der Waals surface area (Å²) in [5.74, 6) is 1.25. The van der Waals surface area contributed by atoms with Crippen molar-refractivity contribution in [2.24, 2.45) is 0 Å². The number of furan rings is 2. The highest BCUT2D eigenvalue weighted by molar-refractivity contribution is 6.15. The predicted octanol–water partition coefficient (Wildman–Crippen LogP) is 5.80. The first kappa shape index (κ1) is 20.9. The number of hydrogen-bond donors (Lipinski definition) is 0. The van der Waals surface area contributed by atoms with Gasteiger partial charge >= 0.3 is 5.97 Å². The standard InChI is InChI=1S/C28H18O7/c1-15(29)16-4-6-17(7-5-16)21-10-11-22(33-21)20-14-25(30)34-23-9-8-19-27(31)24(35-28(19)26(20)23)13-18-3-2-12-32-18/h2-13,20H,14H2,1H3/b24-13-/t20-/m0/s1. The molecule has 7 heteroatoms. The Balaban J connectivity index is 1.39. The lowest BCUT2D eigenvalue weighted by Gasteiger charge is -2.24. The van der Waals surface area contributed by atoms with Crippen molar-refractivity contribution >= 4 is 23.6 Å². The molecule has 4 aromatic rings. The zero-order chi connectivity index (χ0) is 24.1. The summed E-state index contributed by atoms with van der Waals surface area (Å²) in [6, 6.07) is 17.4. The fourth-order valence-electron chi connectivity index (χ4n) is 4.42. The molecule has 0 unspecified atom stereocenters. The fraction of sp³-hybridized carbons (Fsp3) is 0.107. The maximum atomic E-state index is 13.0. The van der Waals surface area contributed by atoms with Crippen LogP contribution >= 0.6 is 0 Å². The Bertz CT molecular complexity index is 1520. The largest absolute Gasteiger partial charge is 0.465 e. The van der Waals surface area contributed by atoms with Gasteiger partial charge in [-0.25, -0.2) is 0 Å². The second-order valence-electron chi connectivity index (χ2n) is 8.38. The molecule has 6 rings (SSSR count). The fourth-order valence-corrected chi connectivity index (χ4v) is 4.42. The molecule has 7 nitrogen and oxygen atoms in total. The number of ether oxygens (including phenoxy) is 2. The van der Waals surface area contributed by atoms with E-state index in [-0.39, 0.29) is 23.7 Å². The van der Waals surface area contributed by atoms with Crippen molar-refractivity contribution in [3.05, 3.63) is 101 Å². The molecule has 2 aliphatic heterocycles. The minimum absolute atomic E-state index is 0.0159. The molecule has 2 aromatic heterocycles. The van der Waals surface area contributed by atoms with Crippen LogP contribution in [0.1, 0.15) is 57.1 Å². The Morgan fingerprint density at radius 3 is 2.54 bits per heavy atom. The zero-order valence-corrected chi connectivity index (χ0v) is 18.6. The van der Waals surface area contributed by atoms with E-state index in [2.05, 4.69) is 0 Å². The van der Waals surface area contributed by atoms with E-state index in [0.717, 1.165) is 5.56 Å². The molecule has 0 N–H and O–H groups in total. The molecule has 0 amide bonds. The summed E-state index contributed by atoms with van der Waals surface area (Å²) in [5, 5.41) is 0. The maximum Gasteiger partial charge on any atom is 0.312 e. The number of carbonyl (C=O) groups excluding carboxylic acids is 3. The Morgan fingerprint density at radius 1 is 0.971 bits per heavy atom. The maximum absolute atomic E-state index is 13.0. The summed E-state index contributed by atoms with van der Waals surface area (Å²) in [5.41, 5.74) is 2.38. The van der Waals surface area contributed by atoms with Gasteiger partial charge in [0.15, 0.2) is 11.5 Å². The number of Topliss-reactive ketones (excluding diaryl/α,β-unsaturated/α-hetero) is 2. The number of allylic oxidation sites excluding steroid dienone is 1. The second-order valence-corrected chi connectivity index (χ2v) is 8.38. The molecule has 1 atom stereocenters. The van der Waals surface area contributed by atoms with E-state index in [1.54, 1.807) is 42.5 Å². The number of carbonyl (C=O) groups is 3. The summed E-state index contributed by atoms with van der Waals surface area (Å²) in [6.45, 7) is 1.51. The minimum Gasteiger partial charge on any atom is -0.465 e. The molecule has 2 aromatic carbocycles. The van der Waals surface area contributed by atoms with E-state index in [4.69, 9.17) is 18.3 Å². The van der Waals surface area contributed by atoms with Crippen molar-refractivity contribution in [1.82, 2.24) is 0 Å². The van der Waals surface area contributed by atoms with Crippen LogP contribution in [0, 0.1) is 0 Å². The van der Waals surface area contributed by atoms with Gasteiger partial charge in [0.05, 0.1) is 24.2 Å². The molecule has 0 fully saturated rings. The van der Waals surface area contributed by atoms with E-state index in [0.29, 0.717) is 45.5 Å². The molecule has 4 heterocycles. The van der Waals surface area contributed by atoms with Crippen LogP contribution in [0.4, 0.5) is 0 Å². The third-order valence-corrected chi connectivity index (χ3v) is 6.14. The molecule has 2 aliphatic rings. The molecule has 0 saturated heterocycles. The predicted molar refractivity (Wildman–Crippen MR) is 124 cm³/mol. The highest BCUT2D eigenvalue weighted by Crippen LogP contribution is 2.49. The van der Waals surface area contributed by atoms with Gasteiger partial charge in [-0.2, -0.15) is 0 Å². The Kier molecular flexibility index (Phi) is 4.77. The van der Waals surface area contributed by atoms with E-state index >= 15 is 0 Å². The molecule has 0 bridgehead atoms. The van der Waals surface area contributed by atoms with E-state index in [1.807, 2.05) is 18.2 Å². The van der Waals surface area contributed by atoms with Crippen molar-refractivity contribution in [3.63, 3.8) is 0 Å². The Hall–Kier alpha value is -4.65. The molecule has 0 aliphatic carbocycles. The van der Waals surface area contributed by atoms with Crippen molar-refractivity contribution in [1.29, 1.82) is 0 Å². The average Bonchev–Trinajstić information content (AvgIpc) is 3.60. The minimum atomic E-state index is -0.498. The number of rotatable bonds is 4. The highest BCUT2D eigenvalue weighted by atomic mass is 16.5. The topological polar surface area (TPSA) is 96.0 Å². The molecular formula is C28H18O7. The molecular weight excluding hydrogens is 448 g/mol. The van der Waals surface area contributed by atoms with Crippen LogP contribution in [0.15, 0.2) is 81.5 Å². The smallest absolute Gasteiger partial charge is 0.312 e. The van der Waals surface area contributed by atoms with Gasteiger partial charge in [-0.05, 0) is 43.3 Å². The third-order valence-electron chi connectivity index (χ3n) is 6.14. The van der Waals surface area contributed by atoms with Gasteiger partial charge in [0.25, 0.3) is 0 Å². The molecule has 0 spiro atoms. The summed E-state index contributed by atoms with van der Waals surface area (Å²) in [6.07, 6.45) is 3.08. The number of hydrogen-bond acceptors (Lipinski definition) is 7. The number of esters is 1. The first-order valence-corrected chi connectivity index (χ1v) is 11.0. The second kappa shape index (κ2) is 7.99. The van der Waals surface area contributed by atoms with Crippen molar-refractivity contribution < 1.29 is 32.7 Å². The lowest BCUT2D eigenvalue weighted by atomic mass is 9.88. The van der Waals surface area contributed by atoms with Crippen LogP contribution < -0.4 is 9.47 Å². The van der Waals surface area contributed by atoms with Crippen LogP contribution in [-0.4, -0.2) is 17.5 Å². The third kappa shape index (κ3) is 3.58. The van der Waals surface area contributed by atoms with E-state index in [9.17, 15) is 14.4 Å². The summed E-state index contributed by atoms with van der Waals surface area (Å²) >= 11 is 0. The summed E-state index contributed by atoms with van der Waals surface area (Å²) < 4.78 is 22.9. The Morgan fingerprint density at radius 2 is 1.80 bits per heavy atom. The van der Waals surface area contributed by atoms with Crippen molar-refractivity contribution in [2.45, 2.75) is 19.3 Å². The monoisotopic (exact) mass is 466 g/mol. The molecule has 0 radical (unpaired) electrons. The van der Waals surface area contributed by atoms with E-state index in [1.165, 1.54) is 19.3 Å². The summed E-state index contributed by atoms with van der Waals surface area (Å²) in [4.78, 5) is 37.0. The van der Waals surface area contributed by atoms with Gasteiger partial charge in [0.1, 0.15) is 28.8 Å². The van der Waals surface area contributed by atoms with Crippen LogP contribution in [0.5, 0.6) is 11.5 Å². The number of fused-ring (bicyclic) bond motifs is 3. The van der Waals surface area contributed by atoms with Gasteiger partial charge in [0.2, 0.25) is 5.78 Å². The molecule has 35 heavy (non-hydrogen) atoms. The van der Waals surface area contributed by atoms with E-state index < -0.39 is 11.9 Å². The van der Waals surface area contributed by atoms with Gasteiger partial charge in [0, 0.05) is 22.8 Å². The van der Waals surface area contributed by atoms with Crippen LogP contribution in [-0.2, 0) is 4.79 Å². The Labute approximate surface area is 199 Å². The summed E-state index contributed by atoms with van der Waals surface area (Å²) in [7, 11) is 0. The van der Waals surface area contributed by atoms with Crippen LogP contribution in [0.25, 0.3) is 17.4 Å². The first-order chi connectivity index (χ1) is 17.0. The van der Waals surface area contributed by atoms with Crippen LogP contribution in [0.2, 0.25) is 0 Å². The highest BCUT2D eigenvalue weighted by Gasteiger charge is 2.39. The lowest BCUT2D eigenvalue weighted by molar-refractivity contribution is -0.135. The zero-order valence-electron chi connectivity index (χ0n) is 18.6. The molecule has 0 saturated carbocycles. The van der Waals surface area contributed by atoms with Gasteiger partial charge < -0.3 is 18.3 Å². The number of benzene rings is 2. The van der Waals surface area contributed by atoms with Gasteiger partial charge in [-0.3, -0.25) is 14.4 Å². The average molecular weight is 466 g/mol. The quantitative estimate of drug-likeness (QED) is 0.162. The lowest BCUT2D eigenvalue weighted by Crippen LogP contribution is -2.21.